The fraction of sp³-hybridized carbons (Fsp3) is 0.0833. The summed E-state index contributed by atoms with van der Waals surface area (Å²) in [6, 6.07) is 25.7. The largest absolute Gasteiger partial charge is 0.457 e. The number of nitrogens with zero attached hydrogens (tertiary/aromatic N) is 2. The van der Waals surface area contributed by atoms with Crippen LogP contribution < -0.4 is 10.1 Å². The summed E-state index contributed by atoms with van der Waals surface area (Å²) in [5.74, 6) is 1.45. The Balaban J connectivity index is 1.58. The molecule has 0 spiro atoms. The second kappa shape index (κ2) is 8.44. The van der Waals surface area contributed by atoms with Gasteiger partial charge in [-0.15, -0.1) is 0 Å². The van der Waals surface area contributed by atoms with Gasteiger partial charge in [-0.1, -0.05) is 42.5 Å². The molecule has 1 N–H and O–H groups in total. The number of aromatic nitrogens is 2. The molecule has 5 nitrogen and oxygen atoms in total. The molecule has 4 aromatic rings. The number of para-hydroxylation sites is 1. The maximum Gasteiger partial charge on any atom is 0.269 e. The van der Waals surface area contributed by atoms with Gasteiger partial charge in [0, 0.05) is 12.2 Å². The van der Waals surface area contributed by atoms with Crippen LogP contribution in [0, 0.1) is 0 Å². The summed E-state index contributed by atoms with van der Waals surface area (Å²) in [5, 5.41) is 2.82. The Morgan fingerprint density at radius 2 is 1.69 bits per heavy atom. The molecule has 0 aliphatic carbocycles. The molecule has 0 aliphatic rings. The lowest BCUT2D eigenvalue weighted by Gasteiger charge is -2.11. The third-order valence-corrected chi connectivity index (χ3v) is 4.50. The average Bonchev–Trinajstić information content (AvgIpc) is 3.26. The first kappa shape index (κ1) is 18.5. The van der Waals surface area contributed by atoms with Gasteiger partial charge < -0.3 is 10.1 Å². The third-order valence-electron chi connectivity index (χ3n) is 4.50. The highest BCUT2D eigenvalue weighted by molar-refractivity contribution is 5.93. The van der Waals surface area contributed by atoms with Crippen molar-refractivity contribution in [2.24, 2.45) is 0 Å². The van der Waals surface area contributed by atoms with Gasteiger partial charge in [-0.3, -0.25) is 9.36 Å². The molecular formula is C24H21N3O2. The van der Waals surface area contributed by atoms with Crippen LogP contribution in [-0.4, -0.2) is 22.0 Å². The maximum atomic E-state index is 12.3. The first-order valence-corrected chi connectivity index (χ1v) is 9.49. The van der Waals surface area contributed by atoms with E-state index in [0.29, 0.717) is 12.2 Å². The first-order chi connectivity index (χ1) is 14.2. The van der Waals surface area contributed by atoms with E-state index >= 15 is 0 Å². The van der Waals surface area contributed by atoms with E-state index in [0.717, 1.165) is 28.3 Å². The Labute approximate surface area is 169 Å². The van der Waals surface area contributed by atoms with Crippen molar-refractivity contribution >= 4 is 5.91 Å². The Bertz CT molecular complexity index is 1100. The number of rotatable bonds is 6. The van der Waals surface area contributed by atoms with Gasteiger partial charge in [-0.05, 0) is 54.4 Å². The second-order valence-electron chi connectivity index (χ2n) is 6.50. The minimum Gasteiger partial charge on any atom is -0.457 e. The van der Waals surface area contributed by atoms with Crippen molar-refractivity contribution < 1.29 is 9.53 Å². The summed E-state index contributed by atoms with van der Waals surface area (Å²) in [6.45, 7) is 2.46. The Morgan fingerprint density at radius 1 is 0.931 bits per heavy atom. The minimum atomic E-state index is -0.141. The number of benzene rings is 3. The number of nitrogens with one attached hydrogen (secondary N) is 1. The van der Waals surface area contributed by atoms with Crippen LogP contribution in [0.2, 0.25) is 0 Å². The van der Waals surface area contributed by atoms with E-state index in [2.05, 4.69) is 10.3 Å². The summed E-state index contributed by atoms with van der Waals surface area (Å²) in [4.78, 5) is 16.4. The van der Waals surface area contributed by atoms with E-state index in [-0.39, 0.29) is 5.91 Å². The van der Waals surface area contributed by atoms with Crippen LogP contribution in [0.5, 0.6) is 11.5 Å². The lowest BCUT2D eigenvalue weighted by atomic mass is 10.0. The molecule has 3 aromatic carbocycles. The monoisotopic (exact) mass is 383 g/mol. The van der Waals surface area contributed by atoms with E-state index in [1.54, 1.807) is 17.1 Å². The highest BCUT2D eigenvalue weighted by Crippen LogP contribution is 2.27. The molecule has 0 bridgehead atoms. The fourth-order valence-corrected chi connectivity index (χ4v) is 3.10. The van der Waals surface area contributed by atoms with E-state index in [1.165, 1.54) is 0 Å². The molecular weight excluding hydrogens is 362 g/mol. The number of carbonyl (C=O) groups is 1. The fourth-order valence-electron chi connectivity index (χ4n) is 3.10. The Kier molecular flexibility index (Phi) is 5.38. The second-order valence-corrected chi connectivity index (χ2v) is 6.50. The van der Waals surface area contributed by atoms with Gasteiger partial charge in [0.05, 0.1) is 12.5 Å². The van der Waals surface area contributed by atoms with Gasteiger partial charge in [0.1, 0.15) is 17.2 Å². The SMILES string of the molecule is CCNC(=O)c1cncn1-c1cccc(-c2ccc(Oc3ccccc3)cc2)c1. The highest BCUT2D eigenvalue weighted by atomic mass is 16.5. The summed E-state index contributed by atoms with van der Waals surface area (Å²) in [6.07, 6.45) is 3.23. The van der Waals surface area contributed by atoms with Gasteiger partial charge >= 0.3 is 0 Å². The number of amides is 1. The van der Waals surface area contributed by atoms with Crippen LogP contribution in [0.15, 0.2) is 91.4 Å². The molecule has 29 heavy (non-hydrogen) atoms. The van der Waals surface area contributed by atoms with Crippen LogP contribution in [0.3, 0.4) is 0 Å². The van der Waals surface area contributed by atoms with Crippen LogP contribution in [0.1, 0.15) is 17.4 Å². The van der Waals surface area contributed by atoms with Crippen molar-refractivity contribution in [1.29, 1.82) is 0 Å². The molecule has 0 fully saturated rings. The van der Waals surface area contributed by atoms with E-state index in [9.17, 15) is 4.79 Å². The molecule has 1 heterocycles. The van der Waals surface area contributed by atoms with Gasteiger partial charge in [-0.2, -0.15) is 0 Å². The molecule has 5 heteroatoms. The van der Waals surface area contributed by atoms with Crippen molar-refractivity contribution in [2.75, 3.05) is 6.54 Å². The maximum absolute atomic E-state index is 12.3. The van der Waals surface area contributed by atoms with Crippen LogP contribution in [-0.2, 0) is 0 Å². The zero-order valence-electron chi connectivity index (χ0n) is 16.1. The van der Waals surface area contributed by atoms with Crippen LogP contribution in [0.25, 0.3) is 16.8 Å². The Hall–Kier alpha value is -3.86. The van der Waals surface area contributed by atoms with Crippen molar-refractivity contribution in [2.45, 2.75) is 6.92 Å². The van der Waals surface area contributed by atoms with Crippen molar-refractivity contribution in [3.05, 3.63) is 97.1 Å². The molecule has 0 aliphatic heterocycles. The quantitative estimate of drug-likeness (QED) is 0.505. The minimum absolute atomic E-state index is 0.141. The van der Waals surface area contributed by atoms with Gasteiger partial charge in [0.2, 0.25) is 0 Å². The van der Waals surface area contributed by atoms with Crippen molar-refractivity contribution in [1.82, 2.24) is 14.9 Å². The molecule has 1 aromatic heterocycles. The molecule has 0 unspecified atom stereocenters. The number of hydrogen-bond acceptors (Lipinski definition) is 3. The lowest BCUT2D eigenvalue weighted by Crippen LogP contribution is -2.24. The molecule has 144 valence electrons. The normalized spacial score (nSPS) is 10.5. The van der Waals surface area contributed by atoms with Crippen LogP contribution in [0.4, 0.5) is 0 Å². The average molecular weight is 383 g/mol. The molecule has 4 rings (SSSR count). The smallest absolute Gasteiger partial charge is 0.269 e. The zero-order chi connectivity index (χ0) is 20.1. The van der Waals surface area contributed by atoms with Crippen molar-refractivity contribution in [3.8, 4) is 28.3 Å². The van der Waals surface area contributed by atoms with Crippen LogP contribution >= 0.6 is 0 Å². The van der Waals surface area contributed by atoms with E-state index < -0.39 is 0 Å². The molecule has 0 saturated carbocycles. The summed E-state index contributed by atoms with van der Waals surface area (Å²) in [5.41, 5.74) is 3.50. The Morgan fingerprint density at radius 3 is 2.45 bits per heavy atom. The standard InChI is InChI=1S/C24H21N3O2/c1-2-26-24(28)23-16-25-17-27(23)20-8-6-7-19(15-20)18-11-13-22(14-12-18)29-21-9-4-3-5-10-21/h3-17H,2H2,1H3,(H,26,28). The summed E-state index contributed by atoms with van der Waals surface area (Å²) >= 11 is 0. The van der Waals surface area contributed by atoms with Gasteiger partial charge in [-0.25, -0.2) is 4.98 Å². The topological polar surface area (TPSA) is 56.2 Å². The number of imidazole rings is 1. The number of carbonyl (C=O) groups excluding carboxylic acids is 1. The van der Waals surface area contributed by atoms with E-state index in [1.807, 2.05) is 85.8 Å². The predicted octanol–water partition coefficient (Wildman–Crippen LogP) is 5.08. The lowest BCUT2D eigenvalue weighted by molar-refractivity contribution is 0.0949. The summed E-state index contributed by atoms with van der Waals surface area (Å²) in [7, 11) is 0. The van der Waals surface area contributed by atoms with Gasteiger partial charge in [0.25, 0.3) is 5.91 Å². The van der Waals surface area contributed by atoms with Gasteiger partial charge in [0.15, 0.2) is 0 Å². The molecule has 0 radical (unpaired) electrons. The molecule has 0 saturated heterocycles. The molecule has 0 atom stereocenters. The zero-order valence-corrected chi connectivity index (χ0v) is 16.1. The molecule has 1 amide bonds. The third kappa shape index (κ3) is 4.19. The van der Waals surface area contributed by atoms with E-state index in [4.69, 9.17) is 4.74 Å². The number of ether oxygens (including phenoxy) is 1. The first-order valence-electron chi connectivity index (χ1n) is 9.49. The highest BCUT2D eigenvalue weighted by Gasteiger charge is 2.12. The predicted molar refractivity (Wildman–Crippen MR) is 114 cm³/mol. The summed E-state index contributed by atoms with van der Waals surface area (Å²) < 4.78 is 7.65. The van der Waals surface area contributed by atoms with Crippen molar-refractivity contribution in [3.63, 3.8) is 0 Å². The number of hydrogen-bond donors (Lipinski definition) is 1.